The molecule has 0 aromatic heterocycles. The Kier molecular flexibility index (Phi) is 3.16. The smallest absolute Gasteiger partial charge is 0.00415 e. The zero-order valence-electron chi connectivity index (χ0n) is 8.77. The summed E-state index contributed by atoms with van der Waals surface area (Å²) in [5.41, 5.74) is 6.37. The van der Waals surface area contributed by atoms with E-state index in [9.17, 15) is 0 Å². The van der Waals surface area contributed by atoms with Crippen LogP contribution in [0.4, 0.5) is 0 Å². The summed E-state index contributed by atoms with van der Waals surface area (Å²) < 4.78 is 0. The first-order valence-electron chi connectivity index (χ1n) is 5.23. The Morgan fingerprint density at radius 2 is 1.92 bits per heavy atom. The second-order valence-electron chi connectivity index (χ2n) is 5.54. The van der Waals surface area contributed by atoms with Gasteiger partial charge in [0, 0.05) is 6.04 Å². The van der Waals surface area contributed by atoms with Gasteiger partial charge in [-0.15, -0.1) is 0 Å². The quantitative estimate of drug-likeness (QED) is 0.675. The van der Waals surface area contributed by atoms with Crippen molar-refractivity contribution in [2.45, 2.75) is 58.9 Å². The molecule has 12 heavy (non-hydrogen) atoms. The van der Waals surface area contributed by atoms with Crippen LogP contribution in [0.15, 0.2) is 0 Å². The molecule has 1 fully saturated rings. The molecule has 1 nitrogen and oxygen atoms in total. The van der Waals surface area contributed by atoms with E-state index in [0.29, 0.717) is 11.5 Å². The number of rotatable bonds is 2. The van der Waals surface area contributed by atoms with Crippen molar-refractivity contribution in [2.75, 3.05) is 0 Å². The molecule has 0 radical (unpaired) electrons. The van der Waals surface area contributed by atoms with Crippen molar-refractivity contribution in [3.63, 3.8) is 0 Å². The van der Waals surface area contributed by atoms with E-state index in [1.165, 1.54) is 32.1 Å². The minimum Gasteiger partial charge on any atom is -0.328 e. The van der Waals surface area contributed by atoms with Gasteiger partial charge >= 0.3 is 0 Å². The summed E-state index contributed by atoms with van der Waals surface area (Å²) in [6.07, 6.45) is 6.64. The van der Waals surface area contributed by atoms with E-state index in [4.69, 9.17) is 5.73 Å². The maximum absolute atomic E-state index is 5.86. The lowest BCUT2D eigenvalue weighted by Crippen LogP contribution is -2.15. The lowest BCUT2D eigenvalue weighted by molar-refractivity contribution is 0.322. The Morgan fingerprint density at radius 1 is 1.25 bits per heavy atom. The monoisotopic (exact) mass is 169 g/mol. The summed E-state index contributed by atoms with van der Waals surface area (Å²) in [4.78, 5) is 0. The van der Waals surface area contributed by atoms with Crippen molar-refractivity contribution in [1.82, 2.24) is 0 Å². The van der Waals surface area contributed by atoms with E-state index < -0.39 is 0 Å². The molecule has 0 aromatic rings. The molecule has 1 aliphatic rings. The van der Waals surface area contributed by atoms with Crippen molar-refractivity contribution in [1.29, 1.82) is 0 Å². The molecule has 1 rings (SSSR count). The largest absolute Gasteiger partial charge is 0.328 e. The van der Waals surface area contributed by atoms with Gasteiger partial charge < -0.3 is 5.73 Å². The minimum atomic E-state index is 0.507. The summed E-state index contributed by atoms with van der Waals surface area (Å²) in [6.45, 7) is 6.96. The van der Waals surface area contributed by atoms with Gasteiger partial charge in [-0.1, -0.05) is 20.8 Å². The Morgan fingerprint density at radius 3 is 2.33 bits per heavy atom. The van der Waals surface area contributed by atoms with Gasteiger partial charge in [0.15, 0.2) is 0 Å². The molecular formula is C11H23N. The third-order valence-electron chi connectivity index (χ3n) is 2.88. The fourth-order valence-corrected chi connectivity index (χ4v) is 2.01. The average molecular weight is 169 g/mol. The Balaban J connectivity index is 2.16. The first-order chi connectivity index (χ1) is 5.47. The molecule has 2 atom stereocenters. The minimum absolute atomic E-state index is 0.507. The molecule has 2 unspecified atom stereocenters. The van der Waals surface area contributed by atoms with E-state index in [1.807, 2.05) is 0 Å². The van der Waals surface area contributed by atoms with Gasteiger partial charge in [0.1, 0.15) is 0 Å². The Bertz CT molecular complexity index is 134. The summed E-state index contributed by atoms with van der Waals surface area (Å²) in [6, 6.07) is 0.509. The molecule has 0 spiro atoms. The topological polar surface area (TPSA) is 26.0 Å². The van der Waals surface area contributed by atoms with Crippen LogP contribution in [0, 0.1) is 11.3 Å². The highest BCUT2D eigenvalue weighted by molar-refractivity contribution is 4.78. The van der Waals surface area contributed by atoms with E-state index in [0.717, 1.165) is 5.92 Å². The summed E-state index contributed by atoms with van der Waals surface area (Å²) in [5, 5.41) is 0. The van der Waals surface area contributed by atoms with Gasteiger partial charge in [0.2, 0.25) is 0 Å². The normalized spacial score (nSPS) is 31.0. The fourth-order valence-electron chi connectivity index (χ4n) is 2.01. The van der Waals surface area contributed by atoms with Crippen molar-refractivity contribution in [2.24, 2.45) is 17.1 Å². The molecule has 0 saturated heterocycles. The highest BCUT2D eigenvalue weighted by Crippen LogP contribution is 2.32. The zero-order chi connectivity index (χ0) is 9.19. The highest BCUT2D eigenvalue weighted by atomic mass is 14.6. The van der Waals surface area contributed by atoms with Crippen LogP contribution in [-0.4, -0.2) is 6.04 Å². The predicted molar refractivity (Wildman–Crippen MR) is 54.0 cm³/mol. The lowest BCUT2D eigenvalue weighted by Gasteiger charge is -2.20. The third kappa shape index (κ3) is 3.57. The molecule has 72 valence electrons. The van der Waals surface area contributed by atoms with Crippen molar-refractivity contribution in [3.05, 3.63) is 0 Å². The van der Waals surface area contributed by atoms with E-state index >= 15 is 0 Å². The maximum Gasteiger partial charge on any atom is 0.00415 e. The van der Waals surface area contributed by atoms with Gasteiger partial charge in [-0.05, 0) is 43.4 Å². The molecule has 1 heteroatoms. The number of hydrogen-bond acceptors (Lipinski definition) is 1. The predicted octanol–water partition coefficient (Wildman–Crippen LogP) is 2.94. The van der Waals surface area contributed by atoms with Crippen LogP contribution in [-0.2, 0) is 0 Å². The van der Waals surface area contributed by atoms with Crippen LogP contribution in [0.5, 0.6) is 0 Å². The van der Waals surface area contributed by atoms with E-state index in [2.05, 4.69) is 20.8 Å². The molecule has 0 bridgehead atoms. The van der Waals surface area contributed by atoms with E-state index in [1.54, 1.807) is 0 Å². The second-order valence-corrected chi connectivity index (χ2v) is 5.54. The van der Waals surface area contributed by atoms with Gasteiger partial charge in [-0.2, -0.15) is 0 Å². The molecule has 1 aliphatic carbocycles. The average Bonchev–Trinajstić information content (AvgIpc) is 2.30. The van der Waals surface area contributed by atoms with Crippen LogP contribution < -0.4 is 5.73 Å². The van der Waals surface area contributed by atoms with Crippen LogP contribution in [0.2, 0.25) is 0 Å². The van der Waals surface area contributed by atoms with Gasteiger partial charge in [-0.25, -0.2) is 0 Å². The fraction of sp³-hybridized carbons (Fsp3) is 1.00. The molecule has 0 aromatic carbocycles. The summed E-state index contributed by atoms with van der Waals surface area (Å²) in [5.74, 6) is 0.930. The molecule has 1 saturated carbocycles. The van der Waals surface area contributed by atoms with Crippen LogP contribution in [0.3, 0.4) is 0 Å². The van der Waals surface area contributed by atoms with Crippen molar-refractivity contribution < 1.29 is 0 Å². The number of nitrogens with two attached hydrogens (primary N) is 1. The van der Waals surface area contributed by atoms with Crippen LogP contribution >= 0.6 is 0 Å². The first kappa shape index (κ1) is 10.0. The number of hydrogen-bond donors (Lipinski definition) is 1. The Labute approximate surface area is 76.7 Å². The maximum atomic E-state index is 5.86. The van der Waals surface area contributed by atoms with Crippen LogP contribution in [0.25, 0.3) is 0 Å². The second kappa shape index (κ2) is 3.78. The third-order valence-corrected chi connectivity index (χ3v) is 2.88. The zero-order valence-corrected chi connectivity index (χ0v) is 8.77. The summed E-state index contributed by atoms with van der Waals surface area (Å²) in [7, 11) is 0. The van der Waals surface area contributed by atoms with Crippen molar-refractivity contribution >= 4 is 0 Å². The van der Waals surface area contributed by atoms with Gasteiger partial charge in [-0.3, -0.25) is 0 Å². The standard InChI is InChI=1S/C11H23N/c1-11(2,3)7-6-9-4-5-10(12)8-9/h9-10H,4-8,12H2,1-3H3. The molecule has 0 amide bonds. The van der Waals surface area contributed by atoms with Crippen LogP contribution in [0.1, 0.15) is 52.9 Å². The first-order valence-corrected chi connectivity index (χ1v) is 5.23. The highest BCUT2D eigenvalue weighted by Gasteiger charge is 2.23. The SMILES string of the molecule is CC(C)(C)CCC1CCC(N)C1. The summed E-state index contributed by atoms with van der Waals surface area (Å²) >= 11 is 0. The molecular weight excluding hydrogens is 146 g/mol. The van der Waals surface area contributed by atoms with Gasteiger partial charge in [0.05, 0.1) is 0 Å². The molecule has 0 aliphatic heterocycles. The van der Waals surface area contributed by atoms with E-state index in [-0.39, 0.29) is 0 Å². The lowest BCUT2D eigenvalue weighted by atomic mass is 9.86. The van der Waals surface area contributed by atoms with Crippen molar-refractivity contribution in [3.8, 4) is 0 Å². The van der Waals surface area contributed by atoms with Gasteiger partial charge in [0.25, 0.3) is 0 Å². The molecule has 0 heterocycles. The Hall–Kier alpha value is -0.0400. The molecule has 2 N–H and O–H groups in total.